The zero-order valence-corrected chi connectivity index (χ0v) is 14.6. The molecule has 0 aromatic carbocycles. The van der Waals surface area contributed by atoms with Crippen molar-refractivity contribution in [3.05, 3.63) is 28.4 Å². The van der Waals surface area contributed by atoms with E-state index in [1.54, 1.807) is 5.38 Å². The third kappa shape index (κ3) is 4.15. The summed E-state index contributed by atoms with van der Waals surface area (Å²) in [6, 6.07) is 0. The molecule has 0 saturated carbocycles. The summed E-state index contributed by atoms with van der Waals surface area (Å²) < 4.78 is 39.5. The fourth-order valence-electron chi connectivity index (χ4n) is 1.85. The second-order valence-electron chi connectivity index (χ2n) is 4.80. The van der Waals surface area contributed by atoms with Gasteiger partial charge in [-0.25, -0.2) is 14.1 Å². The average molecular weight is 359 g/mol. The Morgan fingerprint density at radius 2 is 2.17 bits per heavy atom. The molecule has 8 nitrogen and oxygen atoms in total. The summed E-state index contributed by atoms with van der Waals surface area (Å²) in [5, 5.41) is 2.10. The Hall–Kier alpha value is -1.78. The summed E-state index contributed by atoms with van der Waals surface area (Å²) in [5.41, 5.74) is 0.00137. The van der Waals surface area contributed by atoms with Crippen molar-refractivity contribution >= 4 is 33.2 Å². The van der Waals surface area contributed by atoms with Crippen LogP contribution in [0.5, 0.6) is 0 Å². The number of methoxy groups -OCH3 is 1. The van der Waals surface area contributed by atoms with E-state index in [0.29, 0.717) is 5.01 Å². The van der Waals surface area contributed by atoms with Gasteiger partial charge < -0.3 is 9.47 Å². The van der Waals surface area contributed by atoms with E-state index >= 15 is 0 Å². The molecule has 10 heteroatoms. The first-order valence-corrected chi connectivity index (χ1v) is 9.07. The lowest BCUT2D eigenvalue weighted by Crippen LogP contribution is -2.39. The van der Waals surface area contributed by atoms with Gasteiger partial charge in [-0.2, -0.15) is 8.42 Å². The zero-order valence-electron chi connectivity index (χ0n) is 12.9. The van der Waals surface area contributed by atoms with Crippen LogP contribution in [0.25, 0.3) is 0 Å². The molecule has 1 aliphatic rings. The van der Waals surface area contributed by atoms with Crippen LogP contribution in [0.4, 0.5) is 0 Å². The summed E-state index contributed by atoms with van der Waals surface area (Å²) in [7, 11) is -2.87. The Labute approximate surface area is 138 Å². The zero-order chi connectivity index (χ0) is 17.0. The molecule has 126 valence electrons. The van der Waals surface area contributed by atoms with E-state index in [-0.39, 0.29) is 30.7 Å². The van der Waals surface area contributed by atoms with Crippen LogP contribution < -0.4 is 0 Å². The molecule has 0 N–H and O–H groups in total. The molecule has 1 aliphatic heterocycles. The minimum atomic E-state index is -4.06. The van der Waals surface area contributed by atoms with Crippen molar-refractivity contribution in [1.82, 2.24) is 9.29 Å². The first kappa shape index (κ1) is 17.6. The standard InChI is InChI=1S/C13H17N3O5S2/c1-9(2)21-6-5-16-11(13(17)20-3)8-10(15-23(16,18)19)12-14-4-7-22-12/h4,7-9H,5-6H2,1-3H3. The number of hydrogen-bond acceptors (Lipinski definition) is 7. The van der Waals surface area contributed by atoms with Crippen LogP contribution in [0.1, 0.15) is 18.9 Å². The van der Waals surface area contributed by atoms with Crippen molar-refractivity contribution in [2.45, 2.75) is 20.0 Å². The number of thiazole rings is 1. The van der Waals surface area contributed by atoms with Crippen molar-refractivity contribution in [2.24, 2.45) is 4.40 Å². The molecule has 2 heterocycles. The average Bonchev–Trinajstić information content (AvgIpc) is 3.01. The van der Waals surface area contributed by atoms with Gasteiger partial charge in [0.05, 0.1) is 26.4 Å². The summed E-state index contributed by atoms with van der Waals surface area (Å²) in [5.74, 6) is -0.762. The van der Waals surface area contributed by atoms with Crippen molar-refractivity contribution in [3.63, 3.8) is 0 Å². The highest BCUT2D eigenvalue weighted by molar-refractivity contribution is 7.88. The third-order valence-electron chi connectivity index (χ3n) is 2.83. The lowest BCUT2D eigenvalue weighted by molar-refractivity contribution is -0.137. The summed E-state index contributed by atoms with van der Waals surface area (Å²) in [6.07, 6.45) is 2.84. The number of esters is 1. The van der Waals surface area contributed by atoms with Gasteiger partial charge in [0.2, 0.25) is 0 Å². The molecule has 1 aromatic rings. The summed E-state index contributed by atoms with van der Waals surface area (Å²) in [4.78, 5) is 16.0. The van der Waals surface area contributed by atoms with Gasteiger partial charge in [0.1, 0.15) is 16.4 Å². The fourth-order valence-corrected chi connectivity index (χ4v) is 3.67. The summed E-state index contributed by atoms with van der Waals surface area (Å²) >= 11 is 1.23. The van der Waals surface area contributed by atoms with Crippen molar-refractivity contribution < 1.29 is 22.7 Å². The lowest BCUT2D eigenvalue weighted by Gasteiger charge is -2.26. The molecular weight excluding hydrogens is 342 g/mol. The van der Waals surface area contributed by atoms with Gasteiger partial charge in [0.25, 0.3) is 0 Å². The number of ether oxygens (including phenoxy) is 2. The molecule has 0 spiro atoms. The van der Waals surface area contributed by atoms with Crippen LogP contribution in [0.3, 0.4) is 0 Å². The smallest absolute Gasteiger partial charge is 0.355 e. The number of rotatable bonds is 6. The van der Waals surface area contributed by atoms with Gasteiger partial charge in [0.15, 0.2) is 0 Å². The largest absolute Gasteiger partial charge is 0.464 e. The minimum absolute atomic E-state index is 0.0317. The summed E-state index contributed by atoms with van der Waals surface area (Å²) in [6.45, 7) is 3.77. The van der Waals surface area contributed by atoms with Gasteiger partial charge in [-0.3, -0.25) is 0 Å². The predicted octanol–water partition coefficient (Wildman–Crippen LogP) is 0.974. The Balaban J connectivity index is 2.35. The van der Waals surface area contributed by atoms with E-state index in [1.165, 1.54) is 30.7 Å². The Bertz CT molecular complexity index is 723. The quantitative estimate of drug-likeness (QED) is 0.702. The van der Waals surface area contributed by atoms with Crippen molar-refractivity contribution in [1.29, 1.82) is 0 Å². The highest BCUT2D eigenvalue weighted by Gasteiger charge is 2.34. The van der Waals surface area contributed by atoms with E-state index in [1.807, 2.05) is 13.8 Å². The fraction of sp³-hybridized carbons (Fsp3) is 0.462. The van der Waals surface area contributed by atoms with Gasteiger partial charge >= 0.3 is 16.2 Å². The first-order chi connectivity index (χ1) is 10.8. The lowest BCUT2D eigenvalue weighted by atomic mass is 10.3. The molecule has 0 atom stereocenters. The second kappa shape index (κ2) is 7.20. The number of allylic oxidation sites excluding steroid dienone is 1. The highest BCUT2D eigenvalue weighted by atomic mass is 32.2. The van der Waals surface area contributed by atoms with Crippen LogP contribution in [0, 0.1) is 0 Å². The van der Waals surface area contributed by atoms with Crippen LogP contribution in [0.2, 0.25) is 0 Å². The van der Waals surface area contributed by atoms with Crippen LogP contribution in [-0.2, 0) is 24.5 Å². The molecule has 23 heavy (non-hydrogen) atoms. The number of carbonyl (C=O) groups excluding carboxylic acids is 1. The molecule has 1 aromatic heterocycles. The molecule has 0 saturated heterocycles. The number of hydrogen-bond donors (Lipinski definition) is 0. The van der Waals surface area contributed by atoms with E-state index in [0.717, 1.165) is 4.31 Å². The minimum Gasteiger partial charge on any atom is -0.464 e. The van der Waals surface area contributed by atoms with Crippen LogP contribution in [-0.4, -0.2) is 55.8 Å². The molecular formula is C13H17N3O5S2. The third-order valence-corrected chi connectivity index (χ3v) is 4.99. The van der Waals surface area contributed by atoms with Crippen LogP contribution in [0.15, 0.2) is 27.7 Å². The molecule has 0 aliphatic carbocycles. The SMILES string of the molecule is COC(=O)C1=CC(c2nccs2)=NS(=O)(=O)N1CCOC(C)C. The van der Waals surface area contributed by atoms with E-state index in [9.17, 15) is 13.2 Å². The topological polar surface area (TPSA) is 98.2 Å². The van der Waals surface area contributed by atoms with E-state index < -0.39 is 16.2 Å². The normalized spacial score (nSPS) is 17.0. The Morgan fingerprint density at radius 3 is 2.74 bits per heavy atom. The molecule has 0 unspecified atom stereocenters. The van der Waals surface area contributed by atoms with Gasteiger partial charge in [-0.1, -0.05) is 0 Å². The van der Waals surface area contributed by atoms with Gasteiger partial charge in [-0.15, -0.1) is 15.7 Å². The number of aromatic nitrogens is 1. The highest BCUT2D eigenvalue weighted by Crippen LogP contribution is 2.22. The molecule has 0 fully saturated rings. The van der Waals surface area contributed by atoms with E-state index in [4.69, 9.17) is 4.74 Å². The molecule has 2 rings (SSSR count). The molecule has 0 radical (unpaired) electrons. The first-order valence-electron chi connectivity index (χ1n) is 6.79. The van der Waals surface area contributed by atoms with Gasteiger partial charge in [-0.05, 0) is 19.9 Å². The van der Waals surface area contributed by atoms with E-state index in [2.05, 4.69) is 14.1 Å². The maximum Gasteiger partial charge on any atom is 0.355 e. The second-order valence-corrected chi connectivity index (χ2v) is 7.22. The van der Waals surface area contributed by atoms with Crippen molar-refractivity contribution in [2.75, 3.05) is 20.3 Å². The Kier molecular flexibility index (Phi) is 5.50. The maximum atomic E-state index is 12.4. The predicted molar refractivity (Wildman–Crippen MR) is 85.5 cm³/mol. The molecule has 0 amide bonds. The number of nitrogens with zero attached hydrogens (tertiary/aromatic N) is 3. The van der Waals surface area contributed by atoms with Gasteiger partial charge in [0, 0.05) is 11.6 Å². The van der Waals surface area contributed by atoms with Crippen molar-refractivity contribution in [3.8, 4) is 0 Å². The van der Waals surface area contributed by atoms with Crippen LogP contribution >= 0.6 is 11.3 Å². The maximum absolute atomic E-state index is 12.4. The number of carbonyl (C=O) groups is 1. The Morgan fingerprint density at radius 1 is 1.43 bits per heavy atom. The monoisotopic (exact) mass is 359 g/mol. The molecule has 0 bridgehead atoms.